The molecule has 0 fully saturated rings. The number of nitrogens with zero attached hydrogens (tertiary/aromatic N) is 3. The minimum atomic E-state index is 0.502. The Hall–Kier alpha value is -1.92. The number of benzene rings is 1. The standard InChI is InChI=1S/C16H20ClN5S/c1-4-18-16(23)20-19-9-14-11(2)21-22(12(14)3)10-13-7-5-6-8-15(13)17/h5-9H,4,10H2,1-3H3,(H2,18,20,23)/b19-9-. The minimum Gasteiger partial charge on any atom is -0.362 e. The van der Waals surface area contributed by atoms with Crippen molar-refractivity contribution in [3.8, 4) is 0 Å². The van der Waals surface area contributed by atoms with Crippen LogP contribution in [0.3, 0.4) is 0 Å². The highest BCUT2D eigenvalue weighted by Gasteiger charge is 2.11. The van der Waals surface area contributed by atoms with Crippen molar-refractivity contribution in [1.29, 1.82) is 0 Å². The van der Waals surface area contributed by atoms with Gasteiger partial charge in [0.2, 0.25) is 0 Å². The molecular formula is C16H20ClN5S. The van der Waals surface area contributed by atoms with Crippen molar-refractivity contribution in [3.63, 3.8) is 0 Å². The second-order valence-electron chi connectivity index (χ2n) is 5.06. The Morgan fingerprint density at radius 3 is 2.83 bits per heavy atom. The summed E-state index contributed by atoms with van der Waals surface area (Å²) in [4.78, 5) is 0. The average molecular weight is 350 g/mol. The summed E-state index contributed by atoms with van der Waals surface area (Å²) in [6, 6.07) is 7.78. The van der Waals surface area contributed by atoms with Crippen LogP contribution < -0.4 is 10.7 Å². The summed E-state index contributed by atoms with van der Waals surface area (Å²) in [5, 5.41) is 13.0. The highest BCUT2D eigenvalue weighted by molar-refractivity contribution is 7.80. The molecule has 1 heterocycles. The maximum Gasteiger partial charge on any atom is 0.186 e. The first kappa shape index (κ1) is 17.4. The molecule has 2 rings (SSSR count). The number of hydrogen-bond donors (Lipinski definition) is 2. The maximum absolute atomic E-state index is 6.22. The molecule has 0 aliphatic rings. The molecule has 0 unspecified atom stereocenters. The summed E-state index contributed by atoms with van der Waals surface area (Å²) >= 11 is 11.3. The van der Waals surface area contributed by atoms with Gasteiger partial charge in [0.05, 0.1) is 18.5 Å². The van der Waals surface area contributed by atoms with Crippen LogP contribution in [0.25, 0.3) is 0 Å². The minimum absolute atomic E-state index is 0.502. The van der Waals surface area contributed by atoms with Crippen molar-refractivity contribution in [1.82, 2.24) is 20.5 Å². The predicted molar refractivity (Wildman–Crippen MR) is 99.3 cm³/mol. The van der Waals surface area contributed by atoms with Crippen molar-refractivity contribution < 1.29 is 0 Å². The molecule has 0 spiro atoms. The molecule has 0 saturated heterocycles. The maximum atomic E-state index is 6.22. The van der Waals surface area contributed by atoms with Gasteiger partial charge in [-0.05, 0) is 44.6 Å². The lowest BCUT2D eigenvalue weighted by Gasteiger charge is -2.06. The molecule has 122 valence electrons. The Morgan fingerprint density at radius 1 is 1.39 bits per heavy atom. The quantitative estimate of drug-likeness (QED) is 0.495. The van der Waals surface area contributed by atoms with E-state index in [1.54, 1.807) is 6.21 Å². The second kappa shape index (κ2) is 8.08. The van der Waals surface area contributed by atoms with E-state index in [-0.39, 0.29) is 0 Å². The van der Waals surface area contributed by atoms with Gasteiger partial charge >= 0.3 is 0 Å². The first-order chi connectivity index (χ1) is 11.0. The van der Waals surface area contributed by atoms with Crippen molar-refractivity contribution in [2.75, 3.05) is 6.54 Å². The number of rotatable bonds is 5. The Labute approximate surface area is 146 Å². The molecule has 1 aromatic carbocycles. The lowest BCUT2D eigenvalue weighted by molar-refractivity contribution is 0.659. The molecule has 7 heteroatoms. The fraction of sp³-hybridized carbons (Fsp3) is 0.312. The largest absolute Gasteiger partial charge is 0.362 e. The zero-order chi connectivity index (χ0) is 16.8. The Bertz CT molecular complexity index is 723. The van der Waals surface area contributed by atoms with Crippen molar-refractivity contribution >= 4 is 35.1 Å². The van der Waals surface area contributed by atoms with Crippen molar-refractivity contribution in [2.45, 2.75) is 27.3 Å². The summed E-state index contributed by atoms with van der Waals surface area (Å²) in [6.07, 6.45) is 1.74. The average Bonchev–Trinajstić information content (AvgIpc) is 2.77. The number of hydrazone groups is 1. The van der Waals surface area contributed by atoms with Crippen LogP contribution in [0, 0.1) is 13.8 Å². The molecule has 0 amide bonds. The summed E-state index contributed by atoms with van der Waals surface area (Å²) in [6.45, 7) is 7.34. The zero-order valence-corrected chi connectivity index (χ0v) is 15.0. The number of nitrogens with one attached hydrogen (secondary N) is 2. The van der Waals surface area contributed by atoms with Crippen LogP contribution in [-0.4, -0.2) is 27.7 Å². The van der Waals surface area contributed by atoms with Gasteiger partial charge in [0.25, 0.3) is 0 Å². The molecule has 23 heavy (non-hydrogen) atoms. The van der Waals surface area contributed by atoms with E-state index in [1.807, 2.05) is 49.7 Å². The molecule has 2 N–H and O–H groups in total. The van der Waals surface area contributed by atoms with Gasteiger partial charge in [-0.2, -0.15) is 10.2 Å². The topological polar surface area (TPSA) is 54.2 Å². The molecule has 0 saturated carbocycles. The van der Waals surface area contributed by atoms with Gasteiger partial charge in [-0.1, -0.05) is 29.8 Å². The molecule has 0 aliphatic heterocycles. The van der Waals surface area contributed by atoms with Crippen LogP contribution >= 0.6 is 23.8 Å². The van der Waals surface area contributed by atoms with E-state index in [1.165, 1.54) is 0 Å². The van der Waals surface area contributed by atoms with Crippen molar-refractivity contribution in [2.24, 2.45) is 5.10 Å². The Balaban J connectivity index is 2.15. The van der Waals surface area contributed by atoms with E-state index in [0.717, 1.165) is 34.1 Å². The molecular weight excluding hydrogens is 330 g/mol. The van der Waals surface area contributed by atoms with Crippen LogP contribution in [0.4, 0.5) is 0 Å². The lowest BCUT2D eigenvalue weighted by atomic mass is 10.2. The molecule has 0 aliphatic carbocycles. The number of aromatic nitrogens is 2. The molecule has 0 bridgehead atoms. The second-order valence-corrected chi connectivity index (χ2v) is 5.88. The smallest absolute Gasteiger partial charge is 0.186 e. The molecule has 1 aromatic heterocycles. The summed E-state index contributed by atoms with van der Waals surface area (Å²) < 4.78 is 1.93. The Morgan fingerprint density at radius 2 is 2.13 bits per heavy atom. The van der Waals surface area contributed by atoms with E-state index in [4.69, 9.17) is 23.8 Å². The van der Waals surface area contributed by atoms with E-state index >= 15 is 0 Å². The SMILES string of the molecule is CCNC(=S)N/N=C\c1c(C)nn(Cc2ccccc2Cl)c1C. The van der Waals surface area contributed by atoms with Gasteiger partial charge in [0.1, 0.15) is 0 Å². The third-order valence-corrected chi connectivity index (χ3v) is 4.02. The van der Waals surface area contributed by atoms with Crippen molar-refractivity contribution in [3.05, 3.63) is 51.8 Å². The van der Waals surface area contributed by atoms with Gasteiger partial charge in [0.15, 0.2) is 5.11 Å². The number of thiocarbonyl (C=S) groups is 1. The number of halogens is 1. The van der Waals surface area contributed by atoms with Crippen LogP contribution in [-0.2, 0) is 6.54 Å². The third-order valence-electron chi connectivity index (χ3n) is 3.41. The van der Waals surface area contributed by atoms with Crippen LogP contribution in [0.5, 0.6) is 0 Å². The molecule has 5 nitrogen and oxygen atoms in total. The van der Waals surface area contributed by atoms with Crippen LogP contribution in [0.2, 0.25) is 5.02 Å². The van der Waals surface area contributed by atoms with Gasteiger partial charge in [-0.25, -0.2) is 0 Å². The normalized spacial score (nSPS) is 11.0. The first-order valence-electron chi connectivity index (χ1n) is 7.37. The molecule has 0 radical (unpaired) electrons. The summed E-state index contributed by atoms with van der Waals surface area (Å²) in [5.41, 5.74) is 6.74. The van der Waals surface area contributed by atoms with Gasteiger partial charge in [0, 0.05) is 22.8 Å². The first-order valence-corrected chi connectivity index (χ1v) is 8.15. The fourth-order valence-electron chi connectivity index (χ4n) is 2.20. The van der Waals surface area contributed by atoms with E-state index in [0.29, 0.717) is 11.7 Å². The highest BCUT2D eigenvalue weighted by Crippen LogP contribution is 2.18. The van der Waals surface area contributed by atoms with Gasteiger partial charge in [-0.3, -0.25) is 10.1 Å². The zero-order valence-electron chi connectivity index (χ0n) is 13.4. The molecule has 0 atom stereocenters. The number of hydrogen-bond acceptors (Lipinski definition) is 3. The predicted octanol–water partition coefficient (Wildman–Crippen LogP) is 3.02. The van der Waals surface area contributed by atoms with E-state index < -0.39 is 0 Å². The van der Waals surface area contributed by atoms with Crippen LogP contribution in [0.15, 0.2) is 29.4 Å². The fourth-order valence-corrected chi connectivity index (χ4v) is 2.59. The summed E-state index contributed by atoms with van der Waals surface area (Å²) in [5.74, 6) is 0. The Kier molecular flexibility index (Phi) is 6.12. The monoisotopic (exact) mass is 349 g/mol. The third kappa shape index (κ3) is 4.53. The van der Waals surface area contributed by atoms with Gasteiger partial charge in [-0.15, -0.1) is 0 Å². The summed E-state index contributed by atoms with van der Waals surface area (Å²) in [7, 11) is 0. The van der Waals surface area contributed by atoms with E-state index in [2.05, 4.69) is 20.9 Å². The van der Waals surface area contributed by atoms with Crippen LogP contribution in [0.1, 0.15) is 29.4 Å². The molecule has 2 aromatic rings. The lowest BCUT2D eigenvalue weighted by Crippen LogP contribution is -2.31. The number of aryl methyl sites for hydroxylation is 1. The van der Waals surface area contributed by atoms with E-state index in [9.17, 15) is 0 Å². The van der Waals surface area contributed by atoms with Gasteiger partial charge < -0.3 is 5.32 Å². The highest BCUT2D eigenvalue weighted by atomic mass is 35.5.